The highest BCUT2D eigenvalue weighted by Crippen LogP contribution is 2.43. The maximum Gasteiger partial charge on any atom is 0.229 e. The number of nitrogens with zero attached hydrogens (tertiary/aromatic N) is 2. The van der Waals surface area contributed by atoms with Crippen LogP contribution in [-0.2, 0) is 5.54 Å². The second kappa shape index (κ2) is 4.89. The summed E-state index contributed by atoms with van der Waals surface area (Å²) in [6.45, 7) is 4.45. The molecule has 1 aromatic heterocycles. The number of hydrogen-bond donors (Lipinski definition) is 1. The number of hydrogen-bond acceptors (Lipinski definition) is 4. The molecule has 1 aromatic rings. The van der Waals surface area contributed by atoms with Crippen molar-refractivity contribution >= 4 is 0 Å². The van der Waals surface area contributed by atoms with Gasteiger partial charge < -0.3 is 10.3 Å². The number of rotatable bonds is 4. The molecule has 0 aliphatic heterocycles. The molecule has 0 bridgehead atoms. The summed E-state index contributed by atoms with van der Waals surface area (Å²) in [6.07, 6.45) is 8.20. The van der Waals surface area contributed by atoms with Gasteiger partial charge in [0.25, 0.3) is 0 Å². The van der Waals surface area contributed by atoms with Gasteiger partial charge in [0.1, 0.15) is 0 Å². The van der Waals surface area contributed by atoms with Crippen LogP contribution in [0.25, 0.3) is 0 Å². The molecule has 0 saturated heterocycles. The van der Waals surface area contributed by atoms with Crippen LogP contribution in [-0.4, -0.2) is 10.1 Å². The van der Waals surface area contributed by atoms with Crippen LogP contribution in [0.4, 0.5) is 0 Å². The zero-order valence-electron chi connectivity index (χ0n) is 12.1. The molecule has 1 heterocycles. The first kappa shape index (κ1) is 13.1. The molecule has 2 saturated carbocycles. The summed E-state index contributed by atoms with van der Waals surface area (Å²) in [6, 6.07) is 0. The minimum atomic E-state index is -0.351. The van der Waals surface area contributed by atoms with E-state index in [2.05, 4.69) is 24.0 Å². The number of aromatic nitrogens is 2. The molecule has 3 rings (SSSR count). The van der Waals surface area contributed by atoms with E-state index in [9.17, 15) is 0 Å². The average molecular weight is 263 g/mol. The highest BCUT2D eigenvalue weighted by atomic mass is 16.5. The summed E-state index contributed by atoms with van der Waals surface area (Å²) in [5.41, 5.74) is 6.17. The summed E-state index contributed by atoms with van der Waals surface area (Å²) in [7, 11) is 0. The predicted octanol–water partition coefficient (Wildman–Crippen LogP) is 3.34. The van der Waals surface area contributed by atoms with Crippen LogP contribution in [0.2, 0.25) is 0 Å². The zero-order valence-corrected chi connectivity index (χ0v) is 12.1. The van der Waals surface area contributed by atoms with Crippen molar-refractivity contribution in [2.75, 3.05) is 0 Å². The van der Waals surface area contributed by atoms with E-state index in [1.807, 2.05) is 0 Å². The lowest BCUT2D eigenvalue weighted by Crippen LogP contribution is -2.41. The molecule has 2 fully saturated rings. The van der Waals surface area contributed by atoms with Gasteiger partial charge in [0.2, 0.25) is 5.89 Å². The molecule has 106 valence electrons. The van der Waals surface area contributed by atoms with Gasteiger partial charge in [0.15, 0.2) is 5.82 Å². The zero-order chi connectivity index (χ0) is 13.5. The fourth-order valence-electron chi connectivity index (χ4n) is 3.24. The minimum absolute atomic E-state index is 0.351. The fourth-order valence-corrected chi connectivity index (χ4v) is 3.24. The molecule has 0 aromatic carbocycles. The Bertz CT molecular complexity index is 430. The lowest BCUT2D eigenvalue weighted by Gasteiger charge is -2.34. The van der Waals surface area contributed by atoms with Gasteiger partial charge in [-0.05, 0) is 50.4 Å². The van der Waals surface area contributed by atoms with Crippen LogP contribution in [0.15, 0.2) is 4.52 Å². The first-order valence-corrected chi connectivity index (χ1v) is 7.75. The normalized spacial score (nSPS) is 33.3. The maximum atomic E-state index is 6.52. The van der Waals surface area contributed by atoms with Gasteiger partial charge in [-0.3, -0.25) is 0 Å². The predicted molar refractivity (Wildman–Crippen MR) is 73.6 cm³/mol. The van der Waals surface area contributed by atoms with E-state index in [0.29, 0.717) is 5.92 Å². The Balaban J connectivity index is 1.71. The van der Waals surface area contributed by atoms with E-state index in [1.54, 1.807) is 0 Å². The fraction of sp³-hybridized carbons (Fsp3) is 0.867. The molecule has 0 amide bonds. The van der Waals surface area contributed by atoms with E-state index in [-0.39, 0.29) is 5.54 Å². The molecule has 19 heavy (non-hydrogen) atoms. The molecule has 4 nitrogen and oxygen atoms in total. The Morgan fingerprint density at radius 2 is 2.00 bits per heavy atom. The van der Waals surface area contributed by atoms with E-state index in [0.717, 1.165) is 36.4 Å². The third-order valence-electron chi connectivity index (χ3n) is 5.18. The van der Waals surface area contributed by atoms with Crippen LogP contribution in [0.1, 0.15) is 76.4 Å². The smallest absolute Gasteiger partial charge is 0.229 e. The second-order valence-electron chi connectivity index (χ2n) is 6.59. The Labute approximate surface area is 115 Å². The summed E-state index contributed by atoms with van der Waals surface area (Å²) >= 11 is 0. The van der Waals surface area contributed by atoms with Crippen LogP contribution in [0.5, 0.6) is 0 Å². The molecule has 0 radical (unpaired) electrons. The highest BCUT2D eigenvalue weighted by Gasteiger charge is 2.38. The van der Waals surface area contributed by atoms with E-state index < -0.39 is 0 Å². The van der Waals surface area contributed by atoms with E-state index in [4.69, 9.17) is 10.3 Å². The first-order chi connectivity index (χ1) is 9.12. The second-order valence-corrected chi connectivity index (χ2v) is 6.59. The standard InChI is InChI=1S/C15H25N3O/c1-3-11-6-8-15(16,9-7-11)14-17-13(19-18-14)10(2)12-4-5-12/h10-12H,3-9,16H2,1-2H3. The van der Waals surface area contributed by atoms with Gasteiger partial charge in [-0.15, -0.1) is 0 Å². The van der Waals surface area contributed by atoms with Gasteiger partial charge in [0, 0.05) is 5.92 Å². The van der Waals surface area contributed by atoms with Crippen LogP contribution >= 0.6 is 0 Å². The topological polar surface area (TPSA) is 64.9 Å². The van der Waals surface area contributed by atoms with Crippen molar-refractivity contribution in [3.63, 3.8) is 0 Å². The molecular weight excluding hydrogens is 238 g/mol. The molecule has 4 heteroatoms. The van der Waals surface area contributed by atoms with Gasteiger partial charge >= 0.3 is 0 Å². The lowest BCUT2D eigenvalue weighted by molar-refractivity contribution is 0.216. The first-order valence-electron chi connectivity index (χ1n) is 7.75. The van der Waals surface area contributed by atoms with E-state index in [1.165, 1.54) is 32.1 Å². The van der Waals surface area contributed by atoms with Gasteiger partial charge in [-0.1, -0.05) is 25.4 Å². The Hall–Kier alpha value is -0.900. The Morgan fingerprint density at radius 3 is 2.58 bits per heavy atom. The summed E-state index contributed by atoms with van der Waals surface area (Å²) in [5, 5.41) is 4.18. The molecule has 2 N–H and O–H groups in total. The molecule has 1 atom stereocenters. The van der Waals surface area contributed by atoms with Gasteiger partial charge in [0.05, 0.1) is 5.54 Å². The Kier molecular flexibility index (Phi) is 3.37. The average Bonchev–Trinajstić information content (AvgIpc) is 3.15. The molecule has 1 unspecified atom stereocenters. The van der Waals surface area contributed by atoms with Crippen molar-refractivity contribution in [1.82, 2.24) is 10.1 Å². The molecule has 2 aliphatic rings. The van der Waals surface area contributed by atoms with Crippen molar-refractivity contribution < 1.29 is 4.52 Å². The third-order valence-corrected chi connectivity index (χ3v) is 5.18. The van der Waals surface area contributed by atoms with Crippen molar-refractivity contribution in [3.05, 3.63) is 11.7 Å². The largest absolute Gasteiger partial charge is 0.339 e. The summed E-state index contributed by atoms with van der Waals surface area (Å²) < 4.78 is 5.46. The van der Waals surface area contributed by atoms with Crippen molar-refractivity contribution in [2.24, 2.45) is 17.6 Å². The van der Waals surface area contributed by atoms with Crippen molar-refractivity contribution in [1.29, 1.82) is 0 Å². The maximum absolute atomic E-state index is 6.52. The Morgan fingerprint density at radius 1 is 1.32 bits per heavy atom. The lowest BCUT2D eigenvalue weighted by atomic mass is 9.76. The molecular formula is C15H25N3O. The SMILES string of the molecule is CCC1CCC(N)(c2noc(C(C)C3CC3)n2)CC1. The van der Waals surface area contributed by atoms with Crippen LogP contribution < -0.4 is 5.73 Å². The van der Waals surface area contributed by atoms with Gasteiger partial charge in [-0.25, -0.2) is 0 Å². The van der Waals surface area contributed by atoms with Gasteiger partial charge in [-0.2, -0.15) is 4.98 Å². The van der Waals surface area contributed by atoms with E-state index >= 15 is 0 Å². The van der Waals surface area contributed by atoms with Crippen molar-refractivity contribution in [2.45, 2.75) is 70.3 Å². The minimum Gasteiger partial charge on any atom is -0.339 e. The summed E-state index contributed by atoms with van der Waals surface area (Å²) in [5.74, 6) is 3.51. The van der Waals surface area contributed by atoms with Crippen LogP contribution in [0, 0.1) is 11.8 Å². The summed E-state index contributed by atoms with van der Waals surface area (Å²) in [4.78, 5) is 4.61. The third kappa shape index (κ3) is 2.55. The highest BCUT2D eigenvalue weighted by molar-refractivity contribution is 5.08. The molecule has 0 spiro atoms. The van der Waals surface area contributed by atoms with Crippen LogP contribution in [0.3, 0.4) is 0 Å². The quantitative estimate of drug-likeness (QED) is 0.904. The van der Waals surface area contributed by atoms with Crippen molar-refractivity contribution in [3.8, 4) is 0 Å². The number of nitrogens with two attached hydrogens (primary N) is 1. The monoisotopic (exact) mass is 263 g/mol. The molecule has 2 aliphatic carbocycles.